The molecule has 3 aromatic rings. The molecule has 7 heteroatoms. The highest BCUT2D eigenvalue weighted by Crippen LogP contribution is 2.39. The quantitative estimate of drug-likeness (QED) is 0.499. The van der Waals surface area contributed by atoms with Crippen LogP contribution in [0.15, 0.2) is 42.5 Å². The van der Waals surface area contributed by atoms with Gasteiger partial charge < -0.3 is 14.8 Å². The minimum Gasteiger partial charge on any atom is -0.493 e. The van der Waals surface area contributed by atoms with Gasteiger partial charge in [0.05, 0.1) is 31.0 Å². The maximum Gasteiger partial charge on any atom is 0.226 e. The number of methoxy groups -OCH3 is 1. The minimum absolute atomic E-state index is 0.0732. The van der Waals surface area contributed by atoms with E-state index in [-0.39, 0.29) is 18.1 Å². The number of amides is 1. The van der Waals surface area contributed by atoms with Gasteiger partial charge in [0.1, 0.15) is 5.82 Å². The van der Waals surface area contributed by atoms with Crippen molar-refractivity contribution in [1.82, 2.24) is 9.78 Å². The molecule has 0 radical (unpaired) electrons. The van der Waals surface area contributed by atoms with Gasteiger partial charge in [-0.05, 0) is 55.7 Å². The lowest BCUT2D eigenvalue weighted by atomic mass is 9.85. The van der Waals surface area contributed by atoms with Crippen LogP contribution in [0.3, 0.4) is 0 Å². The molecule has 2 heterocycles. The molecule has 33 heavy (non-hydrogen) atoms. The summed E-state index contributed by atoms with van der Waals surface area (Å²) in [6.07, 6.45) is 1.83. The SMILES string of the molecule is CCCOc1ccc(C(=O)[C@@H]2CC(=O)Nc3c2c(C)nn3-c2cccc(CC)c2)cc1OC. The molecule has 2 aromatic carbocycles. The van der Waals surface area contributed by atoms with Crippen molar-refractivity contribution in [2.45, 2.75) is 46.0 Å². The number of nitrogens with one attached hydrogen (secondary N) is 1. The standard InChI is InChI=1S/C26H29N3O4/c1-5-12-33-21-11-10-18(14-22(21)32-4)25(31)20-15-23(30)27-26-24(20)16(3)28-29(26)19-9-7-8-17(6-2)13-19/h7-11,13-14,20H,5-6,12,15H2,1-4H3,(H,27,30)/t20-/m1/s1. The van der Waals surface area contributed by atoms with E-state index in [1.165, 1.54) is 5.56 Å². The van der Waals surface area contributed by atoms with Crippen LogP contribution < -0.4 is 14.8 Å². The Morgan fingerprint density at radius 1 is 1.18 bits per heavy atom. The monoisotopic (exact) mass is 447 g/mol. The Morgan fingerprint density at radius 2 is 2.00 bits per heavy atom. The first kappa shape index (κ1) is 22.6. The van der Waals surface area contributed by atoms with Gasteiger partial charge in [-0.15, -0.1) is 0 Å². The second kappa shape index (κ2) is 9.48. The number of hydrogen-bond acceptors (Lipinski definition) is 5. The first-order valence-corrected chi connectivity index (χ1v) is 11.3. The molecule has 1 aliphatic heterocycles. The number of fused-ring (bicyclic) bond motifs is 1. The molecular formula is C26H29N3O4. The van der Waals surface area contributed by atoms with E-state index in [0.29, 0.717) is 29.5 Å². The summed E-state index contributed by atoms with van der Waals surface area (Å²) < 4.78 is 12.9. The topological polar surface area (TPSA) is 82.5 Å². The zero-order chi connectivity index (χ0) is 23.5. The Bertz CT molecular complexity index is 1200. The van der Waals surface area contributed by atoms with Crippen LogP contribution in [0.2, 0.25) is 0 Å². The zero-order valence-electron chi connectivity index (χ0n) is 19.5. The van der Waals surface area contributed by atoms with E-state index >= 15 is 0 Å². The highest BCUT2D eigenvalue weighted by atomic mass is 16.5. The lowest BCUT2D eigenvalue weighted by Crippen LogP contribution is -2.28. The number of ether oxygens (including phenoxy) is 2. The van der Waals surface area contributed by atoms with E-state index in [1.807, 2.05) is 32.0 Å². The van der Waals surface area contributed by atoms with Crippen LogP contribution in [0.5, 0.6) is 11.5 Å². The predicted molar refractivity (Wildman–Crippen MR) is 127 cm³/mol. The third-order valence-corrected chi connectivity index (χ3v) is 5.89. The van der Waals surface area contributed by atoms with Crippen LogP contribution >= 0.6 is 0 Å². The van der Waals surface area contributed by atoms with E-state index in [4.69, 9.17) is 9.47 Å². The van der Waals surface area contributed by atoms with Gasteiger partial charge in [0.2, 0.25) is 5.91 Å². The van der Waals surface area contributed by atoms with Crippen LogP contribution in [-0.2, 0) is 11.2 Å². The molecule has 0 saturated carbocycles. The molecule has 0 bridgehead atoms. The van der Waals surface area contributed by atoms with Crippen LogP contribution in [0.1, 0.15) is 59.8 Å². The summed E-state index contributed by atoms with van der Waals surface area (Å²) in [6.45, 7) is 6.55. The summed E-state index contributed by atoms with van der Waals surface area (Å²) in [5.74, 6) is 0.686. The maximum absolute atomic E-state index is 13.6. The van der Waals surface area contributed by atoms with Gasteiger partial charge in [-0.3, -0.25) is 9.59 Å². The number of rotatable bonds is 8. The molecule has 1 atom stereocenters. The number of hydrogen-bond donors (Lipinski definition) is 1. The van der Waals surface area contributed by atoms with E-state index in [2.05, 4.69) is 23.4 Å². The number of carbonyl (C=O) groups excluding carboxylic acids is 2. The maximum atomic E-state index is 13.6. The molecule has 0 aliphatic carbocycles. The third-order valence-electron chi connectivity index (χ3n) is 5.89. The van der Waals surface area contributed by atoms with Crippen LogP contribution in [0.25, 0.3) is 5.69 Å². The van der Waals surface area contributed by atoms with E-state index in [0.717, 1.165) is 29.8 Å². The molecule has 0 fully saturated rings. The van der Waals surface area contributed by atoms with Gasteiger partial charge in [-0.1, -0.05) is 26.0 Å². The first-order valence-electron chi connectivity index (χ1n) is 11.3. The number of ketones is 1. The molecule has 1 aliphatic rings. The second-order valence-corrected chi connectivity index (χ2v) is 8.17. The second-order valence-electron chi connectivity index (χ2n) is 8.17. The molecular weight excluding hydrogens is 418 g/mol. The van der Waals surface area contributed by atoms with Gasteiger partial charge >= 0.3 is 0 Å². The van der Waals surface area contributed by atoms with Crippen LogP contribution in [0.4, 0.5) is 5.82 Å². The Morgan fingerprint density at radius 3 is 2.73 bits per heavy atom. The Labute approximate surface area is 193 Å². The normalized spacial score (nSPS) is 15.0. The molecule has 172 valence electrons. The van der Waals surface area contributed by atoms with Gasteiger partial charge in [0.15, 0.2) is 17.3 Å². The fourth-order valence-electron chi connectivity index (χ4n) is 4.22. The van der Waals surface area contributed by atoms with Crippen molar-refractivity contribution in [2.75, 3.05) is 19.0 Å². The van der Waals surface area contributed by atoms with Crippen LogP contribution in [0, 0.1) is 6.92 Å². The van der Waals surface area contributed by atoms with Gasteiger partial charge in [0.25, 0.3) is 0 Å². The average Bonchev–Trinajstić information content (AvgIpc) is 3.17. The Hall–Kier alpha value is -3.61. The largest absolute Gasteiger partial charge is 0.493 e. The van der Waals surface area contributed by atoms with E-state index in [9.17, 15) is 9.59 Å². The lowest BCUT2D eigenvalue weighted by molar-refractivity contribution is -0.116. The van der Waals surface area contributed by atoms with Gasteiger partial charge in [0, 0.05) is 17.5 Å². The number of nitrogens with zero attached hydrogens (tertiary/aromatic N) is 2. The van der Waals surface area contributed by atoms with E-state index < -0.39 is 5.92 Å². The van der Waals surface area contributed by atoms with Crippen molar-refractivity contribution < 1.29 is 19.1 Å². The number of aromatic nitrogens is 2. The molecule has 4 rings (SSSR count). The number of anilines is 1. The summed E-state index contributed by atoms with van der Waals surface area (Å²) in [5, 5.41) is 7.63. The van der Waals surface area contributed by atoms with Crippen molar-refractivity contribution in [3.63, 3.8) is 0 Å². The third kappa shape index (κ3) is 4.35. The van der Waals surface area contributed by atoms with Crippen molar-refractivity contribution in [1.29, 1.82) is 0 Å². The highest BCUT2D eigenvalue weighted by molar-refractivity contribution is 6.08. The first-order chi connectivity index (χ1) is 16.0. The summed E-state index contributed by atoms with van der Waals surface area (Å²) in [7, 11) is 1.55. The number of aryl methyl sites for hydroxylation is 2. The summed E-state index contributed by atoms with van der Waals surface area (Å²) in [4.78, 5) is 26.2. The fraction of sp³-hybridized carbons (Fsp3) is 0.346. The van der Waals surface area contributed by atoms with Crippen molar-refractivity contribution in [3.05, 3.63) is 64.8 Å². The number of Topliss-reactive ketones (excluding diaryl/α,β-unsaturated/α-hetero) is 1. The Balaban J connectivity index is 1.73. The fourth-order valence-corrected chi connectivity index (χ4v) is 4.22. The van der Waals surface area contributed by atoms with Crippen molar-refractivity contribution >= 4 is 17.5 Å². The van der Waals surface area contributed by atoms with Crippen LogP contribution in [-0.4, -0.2) is 35.2 Å². The van der Waals surface area contributed by atoms with E-state index in [1.54, 1.807) is 30.0 Å². The van der Waals surface area contributed by atoms with Gasteiger partial charge in [-0.25, -0.2) is 4.68 Å². The van der Waals surface area contributed by atoms with Crippen molar-refractivity contribution in [2.24, 2.45) is 0 Å². The van der Waals surface area contributed by atoms with Gasteiger partial charge in [-0.2, -0.15) is 5.10 Å². The minimum atomic E-state index is -0.621. The molecule has 1 amide bonds. The lowest BCUT2D eigenvalue weighted by Gasteiger charge is -2.23. The van der Waals surface area contributed by atoms with Crippen molar-refractivity contribution in [3.8, 4) is 17.2 Å². The summed E-state index contributed by atoms with van der Waals surface area (Å²) in [5.41, 5.74) is 3.97. The molecule has 7 nitrogen and oxygen atoms in total. The molecule has 0 unspecified atom stereocenters. The zero-order valence-corrected chi connectivity index (χ0v) is 19.5. The Kier molecular flexibility index (Phi) is 6.49. The average molecular weight is 448 g/mol. The highest BCUT2D eigenvalue weighted by Gasteiger charge is 2.36. The molecule has 0 saturated heterocycles. The molecule has 1 N–H and O–H groups in total. The number of benzene rings is 2. The summed E-state index contributed by atoms with van der Waals surface area (Å²) in [6, 6.07) is 13.2. The molecule has 0 spiro atoms. The smallest absolute Gasteiger partial charge is 0.226 e. The molecule has 1 aromatic heterocycles. The predicted octanol–water partition coefficient (Wildman–Crippen LogP) is 4.85. The number of carbonyl (C=O) groups is 2. The summed E-state index contributed by atoms with van der Waals surface area (Å²) >= 11 is 0.